The number of pyridine rings is 1. The molecule has 31 heavy (non-hydrogen) atoms. The first-order valence-corrected chi connectivity index (χ1v) is 11.1. The second-order valence-corrected chi connectivity index (χ2v) is 8.83. The van der Waals surface area contributed by atoms with Gasteiger partial charge >= 0.3 is 0 Å². The smallest absolute Gasteiger partial charge is 0.240 e. The van der Waals surface area contributed by atoms with Gasteiger partial charge < -0.3 is 4.52 Å². The summed E-state index contributed by atoms with van der Waals surface area (Å²) in [4.78, 5) is 11.8. The molecule has 5 nitrogen and oxygen atoms in total. The molecular weight excluding hydrogens is 384 g/mol. The maximum Gasteiger partial charge on any atom is 0.240 e. The Bertz CT molecular complexity index is 1180. The van der Waals surface area contributed by atoms with Gasteiger partial charge in [0.15, 0.2) is 5.82 Å². The Balaban J connectivity index is 1.33. The highest BCUT2D eigenvalue weighted by Gasteiger charge is 2.41. The van der Waals surface area contributed by atoms with E-state index in [4.69, 9.17) is 14.5 Å². The number of aromatic nitrogens is 3. The zero-order chi connectivity index (χ0) is 21.3. The van der Waals surface area contributed by atoms with E-state index in [0.717, 1.165) is 41.8 Å². The summed E-state index contributed by atoms with van der Waals surface area (Å²) in [6.07, 6.45) is 4.55. The fraction of sp³-hybridized carbons (Fsp3) is 0.346. The average molecular weight is 413 g/mol. The van der Waals surface area contributed by atoms with Gasteiger partial charge in [-0.15, -0.1) is 0 Å². The maximum absolute atomic E-state index is 5.70. The van der Waals surface area contributed by atoms with Gasteiger partial charge in [0.05, 0.1) is 23.2 Å². The van der Waals surface area contributed by atoms with E-state index >= 15 is 0 Å². The Labute approximate surface area is 183 Å². The SMILES string of the molecule is Cc1ccc(C2(c3noc(CN(C)Cc4ccc5ccccc5n4)n3)CCCC2)cc1. The van der Waals surface area contributed by atoms with Gasteiger partial charge in [0, 0.05) is 11.9 Å². The summed E-state index contributed by atoms with van der Waals surface area (Å²) in [7, 11) is 2.06. The highest BCUT2D eigenvalue weighted by atomic mass is 16.5. The van der Waals surface area contributed by atoms with E-state index in [1.54, 1.807) is 0 Å². The molecule has 2 heterocycles. The number of para-hydroxylation sites is 1. The zero-order valence-corrected chi connectivity index (χ0v) is 18.2. The molecule has 0 N–H and O–H groups in total. The van der Waals surface area contributed by atoms with Crippen molar-refractivity contribution in [1.29, 1.82) is 0 Å². The molecule has 0 aliphatic heterocycles. The molecule has 158 valence electrons. The lowest BCUT2D eigenvalue weighted by Gasteiger charge is -2.26. The van der Waals surface area contributed by atoms with Crippen LogP contribution in [0.25, 0.3) is 10.9 Å². The number of fused-ring (bicyclic) bond motifs is 1. The van der Waals surface area contributed by atoms with Crippen molar-refractivity contribution in [3.05, 3.63) is 89.2 Å². The molecule has 0 spiro atoms. The summed E-state index contributed by atoms with van der Waals surface area (Å²) >= 11 is 0. The van der Waals surface area contributed by atoms with E-state index in [1.165, 1.54) is 24.0 Å². The number of nitrogens with zero attached hydrogens (tertiary/aromatic N) is 4. The first-order chi connectivity index (χ1) is 15.1. The predicted octanol–water partition coefficient (Wildman–Crippen LogP) is 5.42. The first kappa shape index (κ1) is 19.9. The van der Waals surface area contributed by atoms with Crippen LogP contribution >= 0.6 is 0 Å². The third-order valence-corrected chi connectivity index (χ3v) is 6.45. The molecule has 0 radical (unpaired) electrons. The van der Waals surface area contributed by atoms with Crippen molar-refractivity contribution >= 4 is 10.9 Å². The van der Waals surface area contributed by atoms with Crippen LogP contribution < -0.4 is 0 Å². The van der Waals surface area contributed by atoms with E-state index in [1.807, 2.05) is 12.1 Å². The molecule has 2 aromatic heterocycles. The van der Waals surface area contributed by atoms with Gasteiger partial charge in [-0.05, 0) is 44.5 Å². The lowest BCUT2D eigenvalue weighted by atomic mass is 9.78. The van der Waals surface area contributed by atoms with Gasteiger partial charge in [0.25, 0.3) is 0 Å². The minimum Gasteiger partial charge on any atom is -0.338 e. The molecule has 2 aromatic carbocycles. The average Bonchev–Trinajstić information content (AvgIpc) is 3.45. The van der Waals surface area contributed by atoms with Crippen molar-refractivity contribution in [3.63, 3.8) is 0 Å². The van der Waals surface area contributed by atoms with Gasteiger partial charge in [-0.2, -0.15) is 4.98 Å². The summed E-state index contributed by atoms with van der Waals surface area (Å²) in [5.74, 6) is 1.50. The van der Waals surface area contributed by atoms with Crippen LogP contribution in [0.3, 0.4) is 0 Å². The Morgan fingerprint density at radius 1 is 0.903 bits per heavy atom. The largest absolute Gasteiger partial charge is 0.338 e. The third kappa shape index (κ3) is 3.98. The molecule has 0 saturated heterocycles. The summed E-state index contributed by atoms with van der Waals surface area (Å²) in [5, 5.41) is 5.60. The molecule has 5 heteroatoms. The van der Waals surface area contributed by atoms with Crippen LogP contribution in [0, 0.1) is 6.92 Å². The van der Waals surface area contributed by atoms with Gasteiger partial charge in [-0.1, -0.05) is 72.1 Å². The van der Waals surface area contributed by atoms with Crippen molar-refractivity contribution in [1.82, 2.24) is 20.0 Å². The van der Waals surface area contributed by atoms with Crippen molar-refractivity contribution < 1.29 is 4.52 Å². The Morgan fingerprint density at radius 2 is 1.68 bits per heavy atom. The van der Waals surface area contributed by atoms with E-state index in [-0.39, 0.29) is 5.41 Å². The molecule has 0 amide bonds. The van der Waals surface area contributed by atoms with E-state index < -0.39 is 0 Å². The Hall–Kier alpha value is -3.05. The van der Waals surface area contributed by atoms with E-state index in [2.05, 4.69) is 72.6 Å². The molecular formula is C26H28N4O. The van der Waals surface area contributed by atoms with Gasteiger partial charge in [-0.25, -0.2) is 0 Å². The quantitative estimate of drug-likeness (QED) is 0.423. The second-order valence-electron chi connectivity index (χ2n) is 8.83. The minimum absolute atomic E-state index is 0.117. The molecule has 0 atom stereocenters. The van der Waals surface area contributed by atoms with Crippen LogP contribution in [0.4, 0.5) is 0 Å². The van der Waals surface area contributed by atoms with Crippen LogP contribution in [-0.2, 0) is 18.5 Å². The predicted molar refractivity (Wildman–Crippen MR) is 122 cm³/mol. The minimum atomic E-state index is -0.117. The Morgan fingerprint density at radius 3 is 2.48 bits per heavy atom. The molecule has 1 aliphatic rings. The Kier molecular flexibility index (Phi) is 5.28. The van der Waals surface area contributed by atoms with Crippen LogP contribution in [0.2, 0.25) is 0 Å². The molecule has 1 fully saturated rings. The maximum atomic E-state index is 5.70. The fourth-order valence-corrected chi connectivity index (χ4v) is 4.77. The van der Waals surface area contributed by atoms with Gasteiger partial charge in [0.2, 0.25) is 5.89 Å². The molecule has 5 rings (SSSR count). The monoisotopic (exact) mass is 412 g/mol. The standard InChI is InChI=1S/C26H28N4O/c1-19-9-12-21(13-10-19)26(15-5-6-16-26)25-28-24(31-29-25)18-30(2)17-22-14-11-20-7-3-4-8-23(20)27-22/h3-4,7-14H,5-6,15-18H2,1-2H3. The van der Waals surface area contributed by atoms with Crippen molar-refractivity contribution in [2.45, 2.75) is 51.1 Å². The number of hydrogen-bond donors (Lipinski definition) is 0. The summed E-state index contributed by atoms with van der Waals surface area (Å²) in [6, 6.07) is 21.2. The summed E-state index contributed by atoms with van der Waals surface area (Å²) < 4.78 is 5.70. The van der Waals surface area contributed by atoms with Crippen LogP contribution in [0.1, 0.15) is 54.2 Å². The fourth-order valence-electron chi connectivity index (χ4n) is 4.77. The van der Waals surface area contributed by atoms with Crippen LogP contribution in [0.15, 0.2) is 65.2 Å². The molecule has 0 bridgehead atoms. The second kappa shape index (κ2) is 8.23. The molecule has 1 saturated carbocycles. The third-order valence-electron chi connectivity index (χ3n) is 6.45. The lowest BCUT2D eigenvalue weighted by Crippen LogP contribution is -2.25. The first-order valence-electron chi connectivity index (χ1n) is 11.1. The topological polar surface area (TPSA) is 55.1 Å². The lowest BCUT2D eigenvalue weighted by molar-refractivity contribution is 0.257. The van der Waals surface area contributed by atoms with Crippen LogP contribution in [-0.4, -0.2) is 27.1 Å². The number of hydrogen-bond acceptors (Lipinski definition) is 5. The van der Waals surface area contributed by atoms with E-state index in [0.29, 0.717) is 12.4 Å². The molecule has 1 aliphatic carbocycles. The van der Waals surface area contributed by atoms with Crippen LogP contribution in [0.5, 0.6) is 0 Å². The highest BCUT2D eigenvalue weighted by Crippen LogP contribution is 2.45. The summed E-state index contributed by atoms with van der Waals surface area (Å²) in [6.45, 7) is 3.45. The number of benzene rings is 2. The number of aryl methyl sites for hydroxylation is 1. The normalized spacial score (nSPS) is 15.7. The molecule has 0 unspecified atom stereocenters. The van der Waals surface area contributed by atoms with E-state index in [9.17, 15) is 0 Å². The summed E-state index contributed by atoms with van der Waals surface area (Å²) in [5.41, 5.74) is 4.52. The highest BCUT2D eigenvalue weighted by molar-refractivity contribution is 5.78. The van der Waals surface area contributed by atoms with Gasteiger partial charge in [-0.3, -0.25) is 9.88 Å². The zero-order valence-electron chi connectivity index (χ0n) is 18.2. The van der Waals surface area contributed by atoms with Gasteiger partial charge in [0.1, 0.15) is 0 Å². The molecule has 4 aromatic rings. The van der Waals surface area contributed by atoms with Crippen molar-refractivity contribution in [2.75, 3.05) is 7.05 Å². The number of rotatable bonds is 6. The van der Waals surface area contributed by atoms with Crippen molar-refractivity contribution in [2.24, 2.45) is 0 Å². The van der Waals surface area contributed by atoms with Crippen molar-refractivity contribution in [3.8, 4) is 0 Å².